The van der Waals surface area contributed by atoms with Gasteiger partial charge in [-0.2, -0.15) is 0 Å². The van der Waals surface area contributed by atoms with Crippen LogP contribution in [-0.2, 0) is 0 Å². The number of hydrogen-bond donors (Lipinski definition) is 0. The average Bonchev–Trinajstić information content (AvgIpc) is 2.67. The van der Waals surface area contributed by atoms with Gasteiger partial charge in [-0.25, -0.2) is 0 Å². The van der Waals surface area contributed by atoms with Gasteiger partial charge in [-0.15, -0.1) is 0 Å². The fourth-order valence-electron chi connectivity index (χ4n) is 3.92. The second-order valence-electron chi connectivity index (χ2n) is 6.86. The summed E-state index contributed by atoms with van der Waals surface area (Å²) in [6.45, 7) is 6.82. The van der Waals surface area contributed by atoms with Gasteiger partial charge in [-0.1, -0.05) is 92.7 Å². The quantitative estimate of drug-likeness (QED) is 0.453. The van der Waals surface area contributed by atoms with E-state index in [1.165, 1.54) is 27.8 Å². The molecule has 0 fully saturated rings. The summed E-state index contributed by atoms with van der Waals surface area (Å²) in [6.07, 6.45) is 2.24. The van der Waals surface area contributed by atoms with Crippen LogP contribution in [0.5, 0.6) is 0 Å². The van der Waals surface area contributed by atoms with Crippen molar-refractivity contribution in [3.63, 3.8) is 0 Å². The highest BCUT2D eigenvalue weighted by Crippen LogP contribution is 2.35. The SMILES string of the molecule is CCC(c1ccccc1)c1ccc(C)c(C(CC)c2ccccc2)c1. The molecule has 128 valence electrons. The normalized spacial score (nSPS) is 13.4. The van der Waals surface area contributed by atoms with Gasteiger partial charge in [0.2, 0.25) is 0 Å². The van der Waals surface area contributed by atoms with E-state index in [-0.39, 0.29) is 0 Å². The molecule has 0 amide bonds. The topological polar surface area (TPSA) is 0 Å². The lowest BCUT2D eigenvalue weighted by molar-refractivity contribution is 0.750. The van der Waals surface area contributed by atoms with Crippen molar-refractivity contribution in [2.24, 2.45) is 0 Å². The Hall–Kier alpha value is -2.34. The van der Waals surface area contributed by atoms with Crippen molar-refractivity contribution in [2.45, 2.75) is 45.4 Å². The van der Waals surface area contributed by atoms with Crippen molar-refractivity contribution in [1.29, 1.82) is 0 Å². The van der Waals surface area contributed by atoms with Gasteiger partial charge < -0.3 is 0 Å². The Morgan fingerprint density at radius 1 is 0.600 bits per heavy atom. The Morgan fingerprint density at radius 3 is 1.64 bits per heavy atom. The summed E-state index contributed by atoms with van der Waals surface area (Å²) >= 11 is 0. The molecular weight excluding hydrogens is 300 g/mol. The average molecular weight is 328 g/mol. The van der Waals surface area contributed by atoms with Crippen molar-refractivity contribution in [3.8, 4) is 0 Å². The van der Waals surface area contributed by atoms with Gasteiger partial charge in [-0.3, -0.25) is 0 Å². The van der Waals surface area contributed by atoms with E-state index in [4.69, 9.17) is 0 Å². The van der Waals surface area contributed by atoms with Gasteiger partial charge in [0.05, 0.1) is 0 Å². The molecule has 0 saturated heterocycles. The largest absolute Gasteiger partial charge is 0.0645 e. The standard InChI is InChI=1S/C25H28/c1-4-23(20-12-8-6-9-13-20)22-17-16-19(3)25(18-22)24(5-2)21-14-10-7-11-15-21/h6-18,23-24H,4-5H2,1-3H3. The van der Waals surface area contributed by atoms with Gasteiger partial charge >= 0.3 is 0 Å². The fourth-order valence-corrected chi connectivity index (χ4v) is 3.92. The van der Waals surface area contributed by atoms with Crippen LogP contribution in [-0.4, -0.2) is 0 Å². The maximum atomic E-state index is 2.46. The first-order valence-electron chi connectivity index (χ1n) is 9.44. The lowest BCUT2D eigenvalue weighted by Crippen LogP contribution is -2.06. The lowest BCUT2D eigenvalue weighted by Gasteiger charge is -2.22. The van der Waals surface area contributed by atoms with Crippen LogP contribution in [0.4, 0.5) is 0 Å². The Labute approximate surface area is 152 Å². The van der Waals surface area contributed by atoms with E-state index >= 15 is 0 Å². The van der Waals surface area contributed by atoms with Crippen LogP contribution in [0.1, 0.15) is 66.3 Å². The monoisotopic (exact) mass is 328 g/mol. The molecule has 0 aliphatic carbocycles. The van der Waals surface area contributed by atoms with E-state index in [1.807, 2.05) is 0 Å². The van der Waals surface area contributed by atoms with Crippen LogP contribution in [0, 0.1) is 6.92 Å². The predicted molar refractivity (Wildman–Crippen MR) is 108 cm³/mol. The molecule has 0 heterocycles. The smallest absolute Gasteiger partial charge is 0.00894 e. The van der Waals surface area contributed by atoms with Crippen molar-refractivity contribution < 1.29 is 0 Å². The van der Waals surface area contributed by atoms with E-state index in [1.54, 1.807) is 0 Å². The van der Waals surface area contributed by atoms with Crippen LogP contribution >= 0.6 is 0 Å². The third kappa shape index (κ3) is 3.85. The molecule has 0 heteroatoms. The number of benzene rings is 3. The Balaban J connectivity index is 2.03. The molecule has 0 aliphatic heterocycles. The van der Waals surface area contributed by atoms with Crippen LogP contribution < -0.4 is 0 Å². The van der Waals surface area contributed by atoms with Crippen molar-refractivity contribution in [2.75, 3.05) is 0 Å². The number of hydrogen-bond acceptors (Lipinski definition) is 0. The Morgan fingerprint density at radius 2 is 1.12 bits per heavy atom. The molecule has 0 N–H and O–H groups in total. The molecule has 0 radical (unpaired) electrons. The molecule has 3 aromatic rings. The molecule has 2 unspecified atom stereocenters. The Bertz CT molecular complexity index is 787. The highest BCUT2D eigenvalue weighted by molar-refractivity contribution is 5.43. The van der Waals surface area contributed by atoms with Gasteiger partial charge in [-0.05, 0) is 47.6 Å². The second-order valence-corrected chi connectivity index (χ2v) is 6.86. The highest BCUT2D eigenvalue weighted by Gasteiger charge is 2.18. The molecule has 0 spiro atoms. The van der Waals surface area contributed by atoms with E-state index in [2.05, 4.69) is 99.6 Å². The zero-order valence-corrected chi connectivity index (χ0v) is 15.6. The van der Waals surface area contributed by atoms with Crippen molar-refractivity contribution in [1.82, 2.24) is 0 Å². The summed E-state index contributed by atoms with van der Waals surface area (Å²) < 4.78 is 0. The predicted octanol–water partition coefficient (Wildman–Crippen LogP) is 7.08. The molecule has 0 saturated carbocycles. The lowest BCUT2D eigenvalue weighted by atomic mass is 9.82. The zero-order valence-electron chi connectivity index (χ0n) is 15.6. The first kappa shape index (κ1) is 17.5. The van der Waals surface area contributed by atoms with Crippen LogP contribution in [0.2, 0.25) is 0 Å². The first-order chi connectivity index (χ1) is 12.2. The van der Waals surface area contributed by atoms with Crippen LogP contribution in [0.25, 0.3) is 0 Å². The molecule has 0 aliphatic rings. The fraction of sp³-hybridized carbons (Fsp3) is 0.280. The zero-order chi connectivity index (χ0) is 17.6. The summed E-state index contributed by atoms with van der Waals surface area (Å²) in [6, 6.07) is 28.9. The summed E-state index contributed by atoms with van der Waals surface area (Å²) in [7, 11) is 0. The minimum atomic E-state index is 0.467. The Kier molecular flexibility index (Phi) is 5.71. The van der Waals surface area contributed by atoms with Crippen molar-refractivity contribution in [3.05, 3.63) is 107 Å². The summed E-state index contributed by atoms with van der Waals surface area (Å²) in [5.74, 6) is 0.934. The molecular formula is C25H28. The summed E-state index contributed by atoms with van der Waals surface area (Å²) in [5.41, 5.74) is 7.12. The molecule has 0 nitrogen and oxygen atoms in total. The van der Waals surface area contributed by atoms with Gasteiger partial charge in [0.15, 0.2) is 0 Å². The molecule has 3 aromatic carbocycles. The van der Waals surface area contributed by atoms with Crippen molar-refractivity contribution >= 4 is 0 Å². The third-order valence-corrected chi connectivity index (χ3v) is 5.30. The van der Waals surface area contributed by atoms with E-state index in [0.29, 0.717) is 11.8 Å². The second kappa shape index (κ2) is 8.16. The van der Waals surface area contributed by atoms with E-state index in [0.717, 1.165) is 12.8 Å². The maximum Gasteiger partial charge on any atom is 0.00894 e. The van der Waals surface area contributed by atoms with E-state index in [9.17, 15) is 0 Å². The molecule has 2 atom stereocenters. The van der Waals surface area contributed by atoms with E-state index < -0.39 is 0 Å². The first-order valence-corrected chi connectivity index (χ1v) is 9.44. The highest BCUT2D eigenvalue weighted by atomic mass is 14.2. The summed E-state index contributed by atoms with van der Waals surface area (Å²) in [5, 5.41) is 0. The summed E-state index contributed by atoms with van der Waals surface area (Å²) in [4.78, 5) is 0. The molecule has 3 rings (SSSR count). The molecule has 0 bridgehead atoms. The third-order valence-electron chi connectivity index (χ3n) is 5.30. The van der Waals surface area contributed by atoms with Crippen LogP contribution in [0.15, 0.2) is 78.9 Å². The number of rotatable bonds is 6. The van der Waals surface area contributed by atoms with Gasteiger partial charge in [0.1, 0.15) is 0 Å². The minimum absolute atomic E-state index is 0.467. The minimum Gasteiger partial charge on any atom is -0.0645 e. The van der Waals surface area contributed by atoms with Gasteiger partial charge in [0.25, 0.3) is 0 Å². The van der Waals surface area contributed by atoms with Gasteiger partial charge in [0, 0.05) is 11.8 Å². The molecule has 25 heavy (non-hydrogen) atoms. The van der Waals surface area contributed by atoms with Crippen LogP contribution in [0.3, 0.4) is 0 Å². The molecule has 0 aromatic heterocycles. The maximum absolute atomic E-state index is 2.46. The number of aryl methyl sites for hydroxylation is 1.